The highest BCUT2D eigenvalue weighted by Crippen LogP contribution is 2.11. The SMILES string of the molecule is [SiH3]CCCCCCCCCCCCCNCCNCc1ccccc1. The average Bonchev–Trinajstić information content (AvgIpc) is 2.65. The van der Waals surface area contributed by atoms with Gasteiger partial charge in [0.05, 0.1) is 0 Å². The lowest BCUT2D eigenvalue weighted by atomic mass is 10.1. The molecule has 0 aromatic heterocycles. The van der Waals surface area contributed by atoms with Gasteiger partial charge in [0.2, 0.25) is 0 Å². The quantitative estimate of drug-likeness (QED) is 0.298. The van der Waals surface area contributed by atoms with Crippen molar-refractivity contribution < 1.29 is 0 Å². The van der Waals surface area contributed by atoms with Gasteiger partial charge in [0.25, 0.3) is 0 Å². The number of rotatable bonds is 18. The average molecular weight is 363 g/mol. The Balaban J connectivity index is 1.69. The van der Waals surface area contributed by atoms with Gasteiger partial charge in [-0.1, -0.05) is 101 Å². The number of nitrogens with one attached hydrogen (secondary N) is 2. The van der Waals surface area contributed by atoms with E-state index in [2.05, 4.69) is 41.0 Å². The van der Waals surface area contributed by atoms with E-state index in [4.69, 9.17) is 0 Å². The molecule has 25 heavy (non-hydrogen) atoms. The Labute approximate surface area is 160 Å². The van der Waals surface area contributed by atoms with Gasteiger partial charge in [0.15, 0.2) is 0 Å². The van der Waals surface area contributed by atoms with Gasteiger partial charge in [-0.15, -0.1) is 0 Å². The first-order chi connectivity index (χ1) is 12.4. The molecule has 2 N–H and O–H groups in total. The molecule has 0 heterocycles. The van der Waals surface area contributed by atoms with Crippen LogP contribution < -0.4 is 10.6 Å². The number of hydrogen-bond donors (Lipinski definition) is 2. The third-order valence-corrected chi connectivity index (χ3v) is 5.56. The van der Waals surface area contributed by atoms with E-state index in [1.54, 1.807) is 0 Å². The van der Waals surface area contributed by atoms with Gasteiger partial charge < -0.3 is 10.6 Å². The Morgan fingerprint density at radius 1 is 0.560 bits per heavy atom. The van der Waals surface area contributed by atoms with Crippen LogP contribution in [-0.2, 0) is 6.54 Å². The summed E-state index contributed by atoms with van der Waals surface area (Å²) >= 11 is 0. The molecule has 0 spiro atoms. The molecule has 0 aliphatic heterocycles. The molecule has 0 aliphatic carbocycles. The van der Waals surface area contributed by atoms with Crippen LogP contribution in [0.2, 0.25) is 6.04 Å². The van der Waals surface area contributed by atoms with Crippen LogP contribution in [0.1, 0.15) is 76.2 Å². The largest absolute Gasteiger partial charge is 0.315 e. The Morgan fingerprint density at radius 2 is 1.08 bits per heavy atom. The Kier molecular flexibility index (Phi) is 16.3. The molecular weight excluding hydrogens is 320 g/mol. The maximum Gasteiger partial charge on any atom is 0.0206 e. The van der Waals surface area contributed by atoms with Crippen LogP contribution >= 0.6 is 0 Å². The number of unbranched alkanes of at least 4 members (excludes halogenated alkanes) is 10. The zero-order valence-corrected chi connectivity index (χ0v) is 18.7. The summed E-state index contributed by atoms with van der Waals surface area (Å²) in [5.41, 5.74) is 1.37. The highest BCUT2D eigenvalue weighted by molar-refractivity contribution is 6.08. The Morgan fingerprint density at radius 3 is 1.68 bits per heavy atom. The smallest absolute Gasteiger partial charge is 0.0206 e. The van der Waals surface area contributed by atoms with Gasteiger partial charge in [-0.05, 0) is 18.5 Å². The zero-order valence-electron chi connectivity index (χ0n) is 16.7. The van der Waals surface area contributed by atoms with Crippen LogP contribution in [0, 0.1) is 0 Å². The fourth-order valence-electron chi connectivity index (χ4n) is 3.22. The maximum atomic E-state index is 3.55. The van der Waals surface area contributed by atoms with Crippen LogP contribution in [0.5, 0.6) is 0 Å². The lowest BCUT2D eigenvalue weighted by molar-refractivity contribution is 0.535. The minimum atomic E-state index is 0.975. The van der Waals surface area contributed by atoms with E-state index in [9.17, 15) is 0 Å². The lowest BCUT2D eigenvalue weighted by Gasteiger charge is -2.07. The molecule has 1 aromatic rings. The lowest BCUT2D eigenvalue weighted by Crippen LogP contribution is -2.27. The van der Waals surface area contributed by atoms with Crippen molar-refractivity contribution >= 4 is 10.2 Å². The standard InChI is InChI=1S/C22H42N2Si/c25-20-14-9-7-5-3-1-2-4-6-8-13-17-23-18-19-24-21-22-15-11-10-12-16-22/h10-12,15-16,23-24H,1-9,13-14,17-21H2,25H3. The van der Waals surface area contributed by atoms with Crippen molar-refractivity contribution in [3.63, 3.8) is 0 Å². The van der Waals surface area contributed by atoms with Crippen molar-refractivity contribution in [2.75, 3.05) is 19.6 Å². The fraction of sp³-hybridized carbons (Fsp3) is 0.727. The van der Waals surface area contributed by atoms with E-state index >= 15 is 0 Å². The van der Waals surface area contributed by atoms with Crippen molar-refractivity contribution in [2.45, 2.75) is 83.2 Å². The van der Waals surface area contributed by atoms with E-state index in [0.717, 1.165) is 19.6 Å². The molecule has 0 aliphatic rings. The van der Waals surface area contributed by atoms with Crippen LogP contribution in [0.25, 0.3) is 0 Å². The van der Waals surface area contributed by atoms with E-state index in [1.165, 1.54) is 99.0 Å². The van der Waals surface area contributed by atoms with Crippen LogP contribution in [0.3, 0.4) is 0 Å². The summed E-state index contributed by atoms with van der Waals surface area (Å²) < 4.78 is 0. The fourth-order valence-corrected chi connectivity index (χ4v) is 3.72. The molecule has 0 atom stereocenters. The molecule has 0 fully saturated rings. The first kappa shape index (κ1) is 22.4. The predicted molar refractivity (Wildman–Crippen MR) is 117 cm³/mol. The van der Waals surface area contributed by atoms with Crippen molar-refractivity contribution in [1.82, 2.24) is 10.6 Å². The van der Waals surface area contributed by atoms with Gasteiger partial charge in [-0.3, -0.25) is 0 Å². The topological polar surface area (TPSA) is 24.1 Å². The van der Waals surface area contributed by atoms with Gasteiger partial charge in [-0.2, -0.15) is 0 Å². The van der Waals surface area contributed by atoms with Crippen molar-refractivity contribution in [2.24, 2.45) is 0 Å². The molecule has 0 amide bonds. The molecule has 2 nitrogen and oxygen atoms in total. The Bertz CT molecular complexity index is 370. The van der Waals surface area contributed by atoms with Crippen molar-refractivity contribution in [3.05, 3.63) is 35.9 Å². The van der Waals surface area contributed by atoms with Crippen LogP contribution in [-0.4, -0.2) is 29.9 Å². The van der Waals surface area contributed by atoms with E-state index in [1.807, 2.05) is 0 Å². The molecule has 0 saturated heterocycles. The van der Waals surface area contributed by atoms with E-state index in [0.29, 0.717) is 0 Å². The second kappa shape index (κ2) is 18.2. The molecule has 144 valence electrons. The molecule has 0 saturated carbocycles. The number of benzene rings is 1. The third kappa shape index (κ3) is 15.3. The molecule has 1 rings (SSSR count). The minimum absolute atomic E-state index is 0.975. The summed E-state index contributed by atoms with van der Waals surface area (Å²) in [5.74, 6) is 0. The van der Waals surface area contributed by atoms with Crippen molar-refractivity contribution in [1.29, 1.82) is 0 Å². The van der Waals surface area contributed by atoms with E-state index < -0.39 is 0 Å². The molecule has 0 radical (unpaired) electrons. The van der Waals surface area contributed by atoms with Gasteiger partial charge >= 0.3 is 0 Å². The summed E-state index contributed by atoms with van der Waals surface area (Å²) in [4.78, 5) is 0. The summed E-state index contributed by atoms with van der Waals surface area (Å²) in [7, 11) is 1.40. The molecule has 1 aromatic carbocycles. The highest BCUT2D eigenvalue weighted by atomic mass is 28.1. The summed E-state index contributed by atoms with van der Waals surface area (Å²) in [5, 5.41) is 7.03. The molecular formula is C22H42N2Si. The first-order valence-corrected chi connectivity index (χ1v) is 12.3. The second-order valence-electron chi connectivity index (χ2n) is 7.30. The van der Waals surface area contributed by atoms with Crippen LogP contribution in [0.15, 0.2) is 30.3 Å². The third-order valence-electron chi connectivity index (χ3n) is 4.86. The van der Waals surface area contributed by atoms with Gasteiger partial charge in [-0.25, -0.2) is 0 Å². The Hall–Kier alpha value is -0.643. The summed E-state index contributed by atoms with van der Waals surface area (Å²) in [6.07, 6.45) is 15.9. The summed E-state index contributed by atoms with van der Waals surface area (Å²) in [6, 6.07) is 12.1. The minimum Gasteiger partial charge on any atom is -0.315 e. The van der Waals surface area contributed by atoms with Crippen molar-refractivity contribution in [3.8, 4) is 0 Å². The second-order valence-corrected chi connectivity index (χ2v) is 8.30. The zero-order chi connectivity index (χ0) is 17.8. The van der Waals surface area contributed by atoms with Crippen LogP contribution in [0.4, 0.5) is 0 Å². The predicted octanol–water partition coefficient (Wildman–Crippen LogP) is 4.44. The molecule has 0 bridgehead atoms. The normalized spacial score (nSPS) is 11.2. The summed E-state index contributed by atoms with van der Waals surface area (Å²) in [6.45, 7) is 4.28. The van der Waals surface area contributed by atoms with Gasteiger partial charge in [0.1, 0.15) is 0 Å². The molecule has 0 unspecified atom stereocenters. The first-order valence-electron chi connectivity index (χ1n) is 10.9. The van der Waals surface area contributed by atoms with Gasteiger partial charge in [0, 0.05) is 29.9 Å². The number of hydrogen-bond acceptors (Lipinski definition) is 2. The highest BCUT2D eigenvalue weighted by Gasteiger charge is 1.94. The monoisotopic (exact) mass is 362 g/mol. The molecule has 3 heteroatoms. The van der Waals surface area contributed by atoms with E-state index in [-0.39, 0.29) is 0 Å². The maximum absolute atomic E-state index is 3.55.